The van der Waals surface area contributed by atoms with Crippen LogP contribution in [0.4, 0.5) is 0 Å². The molecule has 0 amide bonds. The molecule has 6 nitrogen and oxygen atoms in total. The highest BCUT2D eigenvalue weighted by Gasteiger charge is 2.28. The predicted molar refractivity (Wildman–Crippen MR) is 83.7 cm³/mol. The van der Waals surface area contributed by atoms with Crippen molar-refractivity contribution in [3.05, 3.63) is 18.0 Å². The van der Waals surface area contributed by atoms with Crippen LogP contribution in [0.1, 0.15) is 19.5 Å². The lowest BCUT2D eigenvalue weighted by atomic mass is 10.4. The maximum Gasteiger partial charge on any atom is 0.244 e. The van der Waals surface area contributed by atoms with Gasteiger partial charge in [-0.2, -0.15) is 4.31 Å². The van der Waals surface area contributed by atoms with Gasteiger partial charge >= 0.3 is 0 Å². The molecule has 7 heteroatoms. The number of sulfonamides is 1. The monoisotopic (exact) mass is 314 g/mol. The van der Waals surface area contributed by atoms with E-state index in [0.717, 1.165) is 31.9 Å². The van der Waals surface area contributed by atoms with Gasteiger partial charge < -0.3 is 14.8 Å². The molecule has 0 atom stereocenters. The van der Waals surface area contributed by atoms with Gasteiger partial charge in [0.05, 0.1) is 0 Å². The second-order valence-corrected chi connectivity index (χ2v) is 7.38. The number of aryl methyl sites for hydroxylation is 1. The zero-order valence-corrected chi connectivity index (χ0v) is 14.0. The van der Waals surface area contributed by atoms with Gasteiger partial charge in [0.2, 0.25) is 10.0 Å². The number of rotatable bonds is 6. The summed E-state index contributed by atoms with van der Waals surface area (Å²) in [5, 5.41) is 3.25. The van der Waals surface area contributed by atoms with Crippen LogP contribution in [-0.2, 0) is 23.1 Å². The van der Waals surface area contributed by atoms with Gasteiger partial charge in [-0.25, -0.2) is 8.42 Å². The molecular weight excluding hydrogens is 288 g/mol. The Labute approximate surface area is 127 Å². The molecule has 1 saturated heterocycles. The molecule has 0 aromatic carbocycles. The van der Waals surface area contributed by atoms with Crippen molar-refractivity contribution in [2.75, 3.05) is 39.8 Å². The van der Waals surface area contributed by atoms with Gasteiger partial charge in [0, 0.05) is 51.2 Å². The van der Waals surface area contributed by atoms with Crippen LogP contribution in [0.3, 0.4) is 0 Å². The smallest absolute Gasteiger partial charge is 0.244 e. The lowest BCUT2D eigenvalue weighted by Gasteiger charge is -2.31. The number of nitrogens with zero attached hydrogens (tertiary/aromatic N) is 3. The molecule has 120 valence electrons. The highest BCUT2D eigenvalue weighted by Crippen LogP contribution is 2.20. The Hall–Kier alpha value is -0.890. The summed E-state index contributed by atoms with van der Waals surface area (Å²) in [6.07, 6.45) is 1.76. The van der Waals surface area contributed by atoms with Crippen molar-refractivity contribution in [3.63, 3.8) is 0 Å². The van der Waals surface area contributed by atoms with Crippen molar-refractivity contribution in [1.29, 1.82) is 0 Å². The summed E-state index contributed by atoms with van der Waals surface area (Å²) in [6, 6.07) is 1.81. The van der Waals surface area contributed by atoms with Crippen molar-refractivity contribution in [1.82, 2.24) is 19.1 Å². The van der Waals surface area contributed by atoms with E-state index in [1.807, 2.05) is 25.5 Å². The van der Waals surface area contributed by atoms with Crippen LogP contribution in [0.25, 0.3) is 0 Å². The average molecular weight is 314 g/mol. The SMILES string of the molecule is CCNCc1cc(S(=O)(=O)N2CCN(C)CC2)cn1CC. The Balaban J connectivity index is 2.21. The van der Waals surface area contributed by atoms with E-state index in [0.29, 0.717) is 24.5 Å². The summed E-state index contributed by atoms with van der Waals surface area (Å²) in [7, 11) is -1.34. The fraction of sp³-hybridized carbons (Fsp3) is 0.714. The van der Waals surface area contributed by atoms with Gasteiger partial charge in [-0.3, -0.25) is 0 Å². The molecule has 0 bridgehead atoms. The molecule has 2 rings (SSSR count). The van der Waals surface area contributed by atoms with Gasteiger partial charge in [-0.05, 0) is 26.6 Å². The van der Waals surface area contributed by atoms with E-state index in [9.17, 15) is 8.42 Å². The molecule has 1 fully saturated rings. The first-order valence-corrected chi connectivity index (χ1v) is 9.01. The van der Waals surface area contributed by atoms with Crippen LogP contribution in [0.15, 0.2) is 17.2 Å². The van der Waals surface area contributed by atoms with E-state index >= 15 is 0 Å². The molecule has 1 aromatic rings. The Kier molecular flexibility index (Phi) is 5.43. The Morgan fingerprint density at radius 1 is 1.19 bits per heavy atom. The third-order valence-corrected chi connectivity index (χ3v) is 5.82. The largest absolute Gasteiger partial charge is 0.349 e. The molecular formula is C14H26N4O2S. The molecule has 21 heavy (non-hydrogen) atoms. The third kappa shape index (κ3) is 3.66. The van der Waals surface area contributed by atoms with Gasteiger partial charge in [-0.1, -0.05) is 6.92 Å². The molecule has 1 N–H and O–H groups in total. The van der Waals surface area contributed by atoms with Gasteiger partial charge in [-0.15, -0.1) is 0 Å². The fourth-order valence-corrected chi connectivity index (χ4v) is 4.03. The average Bonchev–Trinajstić information content (AvgIpc) is 2.89. The zero-order valence-electron chi connectivity index (χ0n) is 13.2. The number of hydrogen-bond donors (Lipinski definition) is 1. The lowest BCUT2D eigenvalue weighted by molar-refractivity contribution is 0.222. The Morgan fingerprint density at radius 3 is 2.43 bits per heavy atom. The molecule has 0 aliphatic carbocycles. The van der Waals surface area contributed by atoms with Crippen molar-refractivity contribution < 1.29 is 8.42 Å². The maximum atomic E-state index is 12.7. The van der Waals surface area contributed by atoms with E-state index in [2.05, 4.69) is 10.2 Å². The molecule has 0 spiro atoms. The van der Waals surface area contributed by atoms with Crippen molar-refractivity contribution in [2.24, 2.45) is 0 Å². The summed E-state index contributed by atoms with van der Waals surface area (Å²) < 4.78 is 29.0. The van der Waals surface area contributed by atoms with Crippen LogP contribution in [0.2, 0.25) is 0 Å². The number of nitrogens with one attached hydrogen (secondary N) is 1. The predicted octanol–water partition coefficient (Wildman–Crippen LogP) is 0.554. The van der Waals surface area contributed by atoms with E-state index in [-0.39, 0.29) is 0 Å². The van der Waals surface area contributed by atoms with Crippen LogP contribution < -0.4 is 5.32 Å². The number of hydrogen-bond acceptors (Lipinski definition) is 4. The fourth-order valence-electron chi connectivity index (χ4n) is 2.54. The van der Waals surface area contributed by atoms with E-state index in [1.165, 1.54) is 0 Å². The minimum atomic E-state index is -3.36. The third-order valence-electron chi connectivity index (χ3n) is 3.96. The number of piperazine rings is 1. The zero-order chi connectivity index (χ0) is 15.5. The maximum absolute atomic E-state index is 12.7. The lowest BCUT2D eigenvalue weighted by Crippen LogP contribution is -2.46. The first kappa shape index (κ1) is 16.5. The van der Waals surface area contributed by atoms with Crippen molar-refractivity contribution >= 4 is 10.0 Å². The first-order valence-electron chi connectivity index (χ1n) is 7.57. The van der Waals surface area contributed by atoms with E-state index in [1.54, 1.807) is 16.6 Å². The van der Waals surface area contributed by atoms with Crippen molar-refractivity contribution in [3.8, 4) is 0 Å². The van der Waals surface area contributed by atoms with Gasteiger partial charge in [0.1, 0.15) is 4.90 Å². The molecule has 0 saturated carbocycles. The Bertz CT molecular complexity index is 560. The standard InChI is InChI=1S/C14H26N4O2S/c1-4-15-11-13-10-14(12-17(13)5-2)21(19,20)18-8-6-16(3)7-9-18/h10,12,15H,4-9,11H2,1-3H3. The van der Waals surface area contributed by atoms with E-state index in [4.69, 9.17) is 0 Å². The van der Waals surface area contributed by atoms with Crippen LogP contribution in [-0.4, -0.2) is 62.0 Å². The Morgan fingerprint density at radius 2 is 1.86 bits per heavy atom. The summed E-state index contributed by atoms with van der Waals surface area (Å²) in [4.78, 5) is 2.57. The molecule has 1 aliphatic rings. The number of aromatic nitrogens is 1. The van der Waals surface area contributed by atoms with Crippen molar-refractivity contribution in [2.45, 2.75) is 31.8 Å². The highest BCUT2D eigenvalue weighted by molar-refractivity contribution is 7.89. The second-order valence-electron chi connectivity index (χ2n) is 5.44. The van der Waals surface area contributed by atoms with Crippen LogP contribution in [0.5, 0.6) is 0 Å². The number of likely N-dealkylation sites (N-methyl/N-ethyl adjacent to an activating group) is 1. The van der Waals surface area contributed by atoms with E-state index < -0.39 is 10.0 Å². The second kappa shape index (κ2) is 6.91. The van der Waals surface area contributed by atoms with Gasteiger partial charge in [0.15, 0.2) is 0 Å². The van der Waals surface area contributed by atoms with Crippen LogP contribution in [0, 0.1) is 0 Å². The summed E-state index contributed by atoms with van der Waals surface area (Å²) >= 11 is 0. The minimum Gasteiger partial charge on any atom is -0.349 e. The first-order chi connectivity index (χ1) is 9.98. The molecule has 1 aliphatic heterocycles. The summed E-state index contributed by atoms with van der Waals surface area (Å²) in [5.74, 6) is 0. The topological polar surface area (TPSA) is 57.6 Å². The molecule has 0 unspecified atom stereocenters. The van der Waals surface area contributed by atoms with Gasteiger partial charge in [0.25, 0.3) is 0 Å². The molecule has 1 aromatic heterocycles. The minimum absolute atomic E-state index is 0.418. The van der Waals surface area contributed by atoms with Crippen LogP contribution >= 0.6 is 0 Å². The summed E-state index contributed by atoms with van der Waals surface area (Å²) in [6.45, 7) is 9.13. The quantitative estimate of drug-likeness (QED) is 0.833. The normalized spacial score (nSPS) is 18.2. The summed E-state index contributed by atoms with van der Waals surface area (Å²) in [5.41, 5.74) is 1.02. The molecule has 0 radical (unpaired) electrons. The highest BCUT2D eigenvalue weighted by atomic mass is 32.2. The molecule has 2 heterocycles.